The van der Waals surface area contributed by atoms with Crippen LogP contribution in [0.5, 0.6) is 0 Å². The number of carbonyl (C=O) groups excluding carboxylic acids is 2. The van der Waals surface area contributed by atoms with E-state index in [0.717, 1.165) is 6.08 Å². The summed E-state index contributed by atoms with van der Waals surface area (Å²) in [4.78, 5) is 33.6. The Morgan fingerprint density at radius 1 is 1.10 bits per heavy atom. The number of benzene rings is 2. The third-order valence-corrected chi connectivity index (χ3v) is 3.55. The topological polar surface area (TPSA) is 137 Å². The Balaban J connectivity index is 1.47. The van der Waals surface area contributed by atoms with Gasteiger partial charge in [0.25, 0.3) is 11.6 Å². The van der Waals surface area contributed by atoms with Crippen LogP contribution in [0.4, 0.5) is 11.7 Å². The summed E-state index contributed by atoms with van der Waals surface area (Å²) in [5, 5.41) is 20.5. The summed E-state index contributed by atoms with van der Waals surface area (Å²) in [7, 11) is 0. The summed E-state index contributed by atoms with van der Waals surface area (Å²) in [6.45, 7) is -0.549. The van der Waals surface area contributed by atoms with E-state index in [1.165, 1.54) is 30.3 Å². The fraction of sp³-hybridized carbons (Fsp3) is 0.0526. The highest BCUT2D eigenvalue weighted by Crippen LogP contribution is 2.19. The van der Waals surface area contributed by atoms with Crippen molar-refractivity contribution in [2.24, 2.45) is 0 Å². The van der Waals surface area contributed by atoms with Gasteiger partial charge in [-0.15, -0.1) is 5.10 Å². The highest BCUT2D eigenvalue weighted by Gasteiger charge is 2.12. The molecule has 1 N–H and O–H groups in total. The maximum absolute atomic E-state index is 11.8. The third kappa shape index (κ3) is 5.57. The van der Waals surface area contributed by atoms with Gasteiger partial charge in [0.15, 0.2) is 6.61 Å². The van der Waals surface area contributed by atoms with Gasteiger partial charge in [-0.1, -0.05) is 23.3 Å². The van der Waals surface area contributed by atoms with Crippen molar-refractivity contribution < 1.29 is 23.7 Å². The van der Waals surface area contributed by atoms with Gasteiger partial charge in [-0.3, -0.25) is 20.2 Å². The van der Waals surface area contributed by atoms with Crippen LogP contribution in [0.25, 0.3) is 17.5 Å². The first-order valence-corrected chi connectivity index (χ1v) is 8.29. The Morgan fingerprint density at radius 2 is 1.83 bits per heavy atom. The van der Waals surface area contributed by atoms with Crippen molar-refractivity contribution in [1.29, 1.82) is 0 Å². The van der Waals surface area contributed by atoms with Gasteiger partial charge in [0, 0.05) is 23.8 Å². The Morgan fingerprint density at radius 3 is 2.52 bits per heavy atom. The Bertz CT molecular complexity index is 1040. The second-order valence-corrected chi connectivity index (χ2v) is 5.62. The van der Waals surface area contributed by atoms with Gasteiger partial charge >= 0.3 is 12.0 Å². The number of nitrogens with zero attached hydrogens (tertiary/aromatic N) is 3. The molecule has 1 aromatic heterocycles. The molecule has 0 bridgehead atoms. The van der Waals surface area contributed by atoms with Gasteiger partial charge in [0.1, 0.15) is 0 Å². The van der Waals surface area contributed by atoms with Crippen LogP contribution >= 0.6 is 0 Å². The number of nitro groups is 1. The number of nitro benzene ring substituents is 1. The van der Waals surface area contributed by atoms with Crippen LogP contribution in [0, 0.1) is 10.1 Å². The number of amides is 1. The summed E-state index contributed by atoms with van der Waals surface area (Å²) in [5.41, 5.74) is 1.21. The molecule has 0 radical (unpaired) electrons. The first-order chi connectivity index (χ1) is 14.0. The second-order valence-electron chi connectivity index (χ2n) is 5.62. The Kier molecular flexibility index (Phi) is 6.05. The van der Waals surface area contributed by atoms with Crippen molar-refractivity contribution in [3.05, 3.63) is 76.4 Å². The van der Waals surface area contributed by atoms with Crippen LogP contribution < -0.4 is 5.32 Å². The minimum absolute atomic E-state index is 0.0576. The van der Waals surface area contributed by atoms with Gasteiger partial charge in [-0.25, -0.2) is 4.79 Å². The summed E-state index contributed by atoms with van der Waals surface area (Å²) in [6, 6.07) is 14.5. The third-order valence-electron chi connectivity index (χ3n) is 3.55. The molecule has 0 spiro atoms. The lowest BCUT2D eigenvalue weighted by atomic mass is 10.2. The van der Waals surface area contributed by atoms with Crippen LogP contribution in [0.2, 0.25) is 0 Å². The number of aromatic nitrogens is 2. The van der Waals surface area contributed by atoms with Gasteiger partial charge < -0.3 is 9.15 Å². The van der Waals surface area contributed by atoms with Crippen molar-refractivity contribution in [3.63, 3.8) is 0 Å². The van der Waals surface area contributed by atoms with Crippen LogP contribution in [-0.2, 0) is 14.3 Å². The molecule has 2 aromatic carbocycles. The quantitative estimate of drug-likeness (QED) is 0.279. The maximum atomic E-state index is 11.8. The number of ether oxygens (including phenoxy) is 1. The molecule has 3 rings (SSSR count). The molecule has 29 heavy (non-hydrogen) atoms. The molecule has 0 aliphatic carbocycles. The molecule has 0 saturated carbocycles. The predicted molar refractivity (Wildman–Crippen MR) is 101 cm³/mol. The molecule has 0 saturated heterocycles. The number of hydrogen-bond acceptors (Lipinski definition) is 8. The molecule has 0 atom stereocenters. The molecule has 10 heteroatoms. The van der Waals surface area contributed by atoms with Crippen molar-refractivity contribution in [3.8, 4) is 11.5 Å². The fourth-order valence-corrected chi connectivity index (χ4v) is 2.18. The summed E-state index contributed by atoms with van der Waals surface area (Å²) < 4.78 is 10.1. The van der Waals surface area contributed by atoms with Crippen molar-refractivity contribution >= 4 is 29.7 Å². The Labute approximate surface area is 164 Å². The number of esters is 1. The Hall–Kier alpha value is -4.34. The highest BCUT2D eigenvalue weighted by atomic mass is 16.6. The summed E-state index contributed by atoms with van der Waals surface area (Å²) in [6.07, 6.45) is 2.52. The smallest absolute Gasteiger partial charge is 0.331 e. The van der Waals surface area contributed by atoms with E-state index in [9.17, 15) is 19.7 Å². The largest absolute Gasteiger partial charge is 0.452 e. The van der Waals surface area contributed by atoms with E-state index in [1.807, 2.05) is 6.07 Å². The van der Waals surface area contributed by atoms with E-state index >= 15 is 0 Å². The molecule has 0 unspecified atom stereocenters. The highest BCUT2D eigenvalue weighted by molar-refractivity contribution is 5.93. The molecule has 146 valence electrons. The van der Waals surface area contributed by atoms with Crippen LogP contribution in [0.3, 0.4) is 0 Å². The molecule has 1 amide bonds. The van der Waals surface area contributed by atoms with Crippen LogP contribution in [0.15, 0.2) is 65.1 Å². The lowest BCUT2D eigenvalue weighted by Gasteiger charge is -2.01. The standard InChI is InChI=1S/C19H14N4O6/c24-16(20-19-22-21-18(29-19)14-4-2-1-3-5-14)12-28-17(25)11-8-13-6-9-15(10-7-13)23(26)27/h1-11H,12H2,(H,20,22,24)/b11-8+. The van der Waals surface area contributed by atoms with Crippen molar-refractivity contribution in [1.82, 2.24) is 10.2 Å². The minimum Gasteiger partial charge on any atom is -0.452 e. The van der Waals surface area contributed by atoms with Gasteiger partial charge in [-0.05, 0) is 35.9 Å². The van der Waals surface area contributed by atoms with E-state index in [4.69, 9.17) is 9.15 Å². The zero-order valence-corrected chi connectivity index (χ0v) is 14.8. The van der Waals surface area contributed by atoms with E-state index in [-0.39, 0.29) is 17.6 Å². The molecule has 3 aromatic rings. The van der Waals surface area contributed by atoms with E-state index in [2.05, 4.69) is 15.5 Å². The zero-order valence-electron chi connectivity index (χ0n) is 14.8. The monoisotopic (exact) mass is 394 g/mol. The van der Waals surface area contributed by atoms with E-state index in [1.54, 1.807) is 24.3 Å². The molecule has 0 fully saturated rings. The average molecular weight is 394 g/mol. The number of carbonyl (C=O) groups is 2. The summed E-state index contributed by atoms with van der Waals surface area (Å²) >= 11 is 0. The molecular formula is C19H14N4O6. The molecule has 1 heterocycles. The lowest BCUT2D eigenvalue weighted by Crippen LogP contribution is -2.20. The lowest BCUT2D eigenvalue weighted by molar-refractivity contribution is -0.384. The minimum atomic E-state index is -0.756. The molecule has 0 aliphatic rings. The average Bonchev–Trinajstić information content (AvgIpc) is 3.20. The van der Waals surface area contributed by atoms with E-state index < -0.39 is 23.4 Å². The normalized spacial score (nSPS) is 10.6. The molecule has 0 aliphatic heterocycles. The fourth-order valence-electron chi connectivity index (χ4n) is 2.18. The number of nitrogens with one attached hydrogen (secondary N) is 1. The van der Waals surface area contributed by atoms with Gasteiger partial charge in [0.2, 0.25) is 5.89 Å². The molecule has 10 nitrogen and oxygen atoms in total. The molecular weight excluding hydrogens is 380 g/mol. The van der Waals surface area contributed by atoms with Crippen LogP contribution in [-0.4, -0.2) is 33.6 Å². The van der Waals surface area contributed by atoms with E-state index in [0.29, 0.717) is 11.1 Å². The number of rotatable bonds is 7. The number of anilines is 1. The SMILES string of the molecule is O=C(COC(=O)/C=C/c1ccc([N+](=O)[O-])cc1)Nc1nnc(-c2ccccc2)o1. The first-order valence-electron chi connectivity index (χ1n) is 8.29. The van der Waals surface area contributed by atoms with Gasteiger partial charge in [0.05, 0.1) is 4.92 Å². The number of hydrogen-bond donors (Lipinski definition) is 1. The number of non-ortho nitro benzene ring substituents is 1. The predicted octanol–water partition coefficient (Wildman–Crippen LogP) is 2.84. The van der Waals surface area contributed by atoms with Gasteiger partial charge in [-0.2, -0.15) is 0 Å². The summed E-state index contributed by atoms with van der Waals surface area (Å²) in [5.74, 6) is -1.16. The van der Waals surface area contributed by atoms with Crippen molar-refractivity contribution in [2.45, 2.75) is 0 Å². The first kappa shape index (κ1) is 19.4. The van der Waals surface area contributed by atoms with Crippen molar-refractivity contribution in [2.75, 3.05) is 11.9 Å². The second kappa shape index (κ2) is 9.04. The van der Waals surface area contributed by atoms with Crippen LogP contribution in [0.1, 0.15) is 5.56 Å². The zero-order chi connectivity index (χ0) is 20.6. The maximum Gasteiger partial charge on any atom is 0.331 e.